The van der Waals surface area contributed by atoms with Crippen LogP contribution in [-0.2, 0) is 0 Å². The fourth-order valence-corrected chi connectivity index (χ4v) is 1.91. The van der Waals surface area contributed by atoms with E-state index in [9.17, 15) is 0 Å². The average Bonchev–Trinajstić information content (AvgIpc) is 1.69. The van der Waals surface area contributed by atoms with Crippen LogP contribution in [0.15, 0.2) is 0 Å². The Labute approximate surface area is 49.7 Å². The summed E-state index contributed by atoms with van der Waals surface area (Å²) >= 11 is 2.08. The van der Waals surface area contributed by atoms with E-state index in [1.807, 2.05) is 0 Å². The molecule has 0 aromatic rings. The molecule has 0 nitrogen and oxygen atoms in total. The minimum absolute atomic E-state index is 1.37. The lowest BCUT2D eigenvalue weighted by molar-refractivity contribution is 0.811. The predicted octanol–water partition coefficient (Wildman–Crippen LogP) is 2.11. The van der Waals surface area contributed by atoms with E-state index in [2.05, 4.69) is 18.7 Å². The maximum absolute atomic E-state index is 2.26. The Bertz CT molecular complexity index is 46.1. The first kappa shape index (κ1) is 5.49. The molecule has 0 N–H and O–H groups in total. The van der Waals surface area contributed by atoms with Crippen LogP contribution in [0.3, 0.4) is 0 Å². The molecule has 0 aliphatic carbocycles. The topological polar surface area (TPSA) is 0 Å². The zero-order valence-electron chi connectivity index (χ0n) is 4.74. The van der Waals surface area contributed by atoms with Crippen LogP contribution in [0.2, 0.25) is 0 Å². The van der Waals surface area contributed by atoms with Crippen molar-refractivity contribution in [3.05, 3.63) is 5.92 Å². The van der Waals surface area contributed by atoms with E-state index in [-0.39, 0.29) is 0 Å². The molecule has 1 aliphatic rings. The minimum Gasteiger partial charge on any atom is -0.315 e. The van der Waals surface area contributed by atoms with E-state index in [1.54, 1.807) is 5.92 Å². The molecular formula is C6H11S-. The zero-order chi connectivity index (χ0) is 5.11. The third-order valence-electron chi connectivity index (χ3n) is 1.35. The van der Waals surface area contributed by atoms with Crippen LogP contribution in [0.25, 0.3) is 0 Å². The lowest BCUT2D eigenvalue weighted by atomic mass is 10.1. The molecule has 0 amide bonds. The summed E-state index contributed by atoms with van der Waals surface area (Å²) in [5.41, 5.74) is 0. The zero-order valence-corrected chi connectivity index (χ0v) is 5.55. The van der Waals surface area contributed by atoms with Gasteiger partial charge in [0.2, 0.25) is 0 Å². The quantitative estimate of drug-likeness (QED) is 0.436. The van der Waals surface area contributed by atoms with E-state index in [0.717, 1.165) is 0 Å². The van der Waals surface area contributed by atoms with E-state index < -0.39 is 0 Å². The lowest BCUT2D eigenvalue weighted by Gasteiger charge is -2.28. The summed E-state index contributed by atoms with van der Waals surface area (Å²) in [5.74, 6) is 4.43. The molecule has 0 saturated carbocycles. The van der Waals surface area contributed by atoms with Crippen LogP contribution in [0, 0.1) is 5.92 Å². The van der Waals surface area contributed by atoms with Crippen molar-refractivity contribution in [3.63, 3.8) is 0 Å². The predicted molar refractivity (Wildman–Crippen MR) is 35.5 cm³/mol. The SMILES string of the molecule is C[C-]1CCSCC1. The smallest absolute Gasteiger partial charge is 0.0337 e. The summed E-state index contributed by atoms with van der Waals surface area (Å²) in [6.45, 7) is 2.26. The van der Waals surface area contributed by atoms with Crippen LogP contribution in [-0.4, -0.2) is 11.5 Å². The average molecular weight is 115 g/mol. The molecule has 0 aromatic carbocycles. The Hall–Kier alpha value is 0.350. The van der Waals surface area contributed by atoms with E-state index in [4.69, 9.17) is 0 Å². The first-order valence-electron chi connectivity index (χ1n) is 2.78. The molecule has 1 aliphatic heterocycles. The molecule has 1 fully saturated rings. The minimum atomic E-state index is 1.37. The van der Waals surface area contributed by atoms with Gasteiger partial charge in [0.15, 0.2) is 0 Å². The molecule has 42 valence electrons. The summed E-state index contributed by atoms with van der Waals surface area (Å²) in [5, 5.41) is 0. The van der Waals surface area contributed by atoms with Crippen LogP contribution < -0.4 is 0 Å². The monoisotopic (exact) mass is 115 g/mol. The van der Waals surface area contributed by atoms with Crippen LogP contribution in [0.5, 0.6) is 0 Å². The molecule has 0 spiro atoms. The van der Waals surface area contributed by atoms with Gasteiger partial charge < -0.3 is 5.92 Å². The van der Waals surface area contributed by atoms with Gasteiger partial charge in [0, 0.05) is 0 Å². The summed E-state index contributed by atoms with van der Waals surface area (Å²) in [6, 6.07) is 0. The van der Waals surface area contributed by atoms with Crippen molar-refractivity contribution < 1.29 is 0 Å². The fourth-order valence-electron chi connectivity index (χ4n) is 0.720. The molecular weight excluding hydrogens is 104 g/mol. The highest BCUT2D eigenvalue weighted by Crippen LogP contribution is 2.22. The first-order valence-corrected chi connectivity index (χ1v) is 3.94. The van der Waals surface area contributed by atoms with Gasteiger partial charge in [-0.05, 0) is 11.5 Å². The molecule has 0 unspecified atom stereocenters. The van der Waals surface area contributed by atoms with Crippen molar-refractivity contribution in [3.8, 4) is 0 Å². The summed E-state index contributed by atoms with van der Waals surface area (Å²) in [7, 11) is 0. The Morgan fingerprint density at radius 1 is 1.29 bits per heavy atom. The van der Waals surface area contributed by atoms with Crippen LogP contribution >= 0.6 is 11.8 Å². The van der Waals surface area contributed by atoms with E-state index >= 15 is 0 Å². The van der Waals surface area contributed by atoms with Gasteiger partial charge in [-0.1, -0.05) is 0 Å². The van der Waals surface area contributed by atoms with E-state index in [1.165, 1.54) is 24.3 Å². The number of hydrogen-bond donors (Lipinski definition) is 0. The van der Waals surface area contributed by atoms with Gasteiger partial charge in [0.1, 0.15) is 0 Å². The van der Waals surface area contributed by atoms with Gasteiger partial charge in [-0.25, -0.2) is 0 Å². The Morgan fingerprint density at radius 3 is 2.14 bits per heavy atom. The molecule has 1 saturated heterocycles. The Kier molecular flexibility index (Phi) is 2.04. The summed E-state index contributed by atoms with van der Waals surface area (Å²) < 4.78 is 0. The highest BCUT2D eigenvalue weighted by atomic mass is 32.2. The molecule has 0 atom stereocenters. The normalized spacial score (nSPS) is 25.3. The van der Waals surface area contributed by atoms with Gasteiger partial charge in [-0.15, -0.1) is 0 Å². The number of thioether (sulfide) groups is 1. The summed E-state index contributed by atoms with van der Waals surface area (Å²) in [4.78, 5) is 0. The molecule has 0 bridgehead atoms. The van der Waals surface area contributed by atoms with Crippen molar-refractivity contribution >= 4 is 11.8 Å². The number of rotatable bonds is 0. The fraction of sp³-hybridized carbons (Fsp3) is 0.833. The second-order valence-corrected chi connectivity index (χ2v) is 3.29. The van der Waals surface area contributed by atoms with E-state index in [0.29, 0.717) is 0 Å². The van der Waals surface area contributed by atoms with Gasteiger partial charge in [0.25, 0.3) is 0 Å². The second-order valence-electron chi connectivity index (χ2n) is 2.07. The van der Waals surface area contributed by atoms with Crippen molar-refractivity contribution in [2.45, 2.75) is 19.8 Å². The Morgan fingerprint density at radius 2 is 1.86 bits per heavy atom. The second kappa shape index (κ2) is 2.61. The molecule has 0 aromatic heterocycles. The van der Waals surface area contributed by atoms with Crippen molar-refractivity contribution in [2.24, 2.45) is 0 Å². The molecule has 7 heavy (non-hydrogen) atoms. The molecule has 1 heterocycles. The van der Waals surface area contributed by atoms with Crippen molar-refractivity contribution in [1.29, 1.82) is 0 Å². The van der Waals surface area contributed by atoms with Crippen molar-refractivity contribution in [2.75, 3.05) is 11.5 Å². The third-order valence-corrected chi connectivity index (χ3v) is 2.33. The standard InChI is InChI=1S/C6H11S/c1-6-2-4-7-5-3-6/h2-5H2,1H3/q-1. The van der Waals surface area contributed by atoms with Gasteiger partial charge in [-0.3, -0.25) is 0 Å². The number of hydrogen-bond acceptors (Lipinski definition) is 1. The van der Waals surface area contributed by atoms with Crippen LogP contribution in [0.1, 0.15) is 19.8 Å². The lowest BCUT2D eigenvalue weighted by Crippen LogP contribution is -2.02. The maximum atomic E-state index is 2.26. The highest BCUT2D eigenvalue weighted by Gasteiger charge is 1.94. The van der Waals surface area contributed by atoms with Gasteiger partial charge >= 0.3 is 0 Å². The summed E-state index contributed by atoms with van der Waals surface area (Å²) in [6.07, 6.45) is 2.73. The molecule has 0 radical (unpaired) electrons. The van der Waals surface area contributed by atoms with Crippen molar-refractivity contribution in [1.82, 2.24) is 0 Å². The third kappa shape index (κ3) is 1.72. The molecule has 1 rings (SSSR count). The maximum Gasteiger partial charge on any atom is -0.0337 e. The van der Waals surface area contributed by atoms with Gasteiger partial charge in [0.05, 0.1) is 0 Å². The largest absolute Gasteiger partial charge is 0.315 e. The Balaban J connectivity index is 2.12. The van der Waals surface area contributed by atoms with Gasteiger partial charge in [-0.2, -0.15) is 31.5 Å². The van der Waals surface area contributed by atoms with Crippen LogP contribution in [0.4, 0.5) is 0 Å². The molecule has 1 heteroatoms. The first-order chi connectivity index (χ1) is 3.39. The highest BCUT2D eigenvalue weighted by molar-refractivity contribution is 7.99.